The van der Waals surface area contributed by atoms with Crippen LogP contribution in [0.3, 0.4) is 0 Å². The summed E-state index contributed by atoms with van der Waals surface area (Å²) in [6.07, 6.45) is 0. The first-order valence-corrected chi connectivity index (χ1v) is 10.7. The standard InChI is InChI=1S/C28H26O6/c1-32-26-15-22(19-8-11-21(30)12-9-19)28(33-2)23(16-29)27(26)20-10-13-25(24(31)14-20)34-17-18-6-4-3-5-7-18/h3-15,29-31H,16-17H2,1-2H3. The number of aliphatic hydroxyl groups is 1. The molecule has 0 aliphatic heterocycles. The van der Waals surface area contributed by atoms with E-state index in [1.807, 2.05) is 36.4 Å². The van der Waals surface area contributed by atoms with E-state index in [0.29, 0.717) is 46.1 Å². The third-order valence-corrected chi connectivity index (χ3v) is 5.59. The smallest absolute Gasteiger partial charge is 0.161 e. The summed E-state index contributed by atoms with van der Waals surface area (Å²) in [5.41, 5.74) is 4.25. The molecule has 174 valence electrons. The molecule has 0 aliphatic rings. The minimum Gasteiger partial charge on any atom is -0.508 e. The lowest BCUT2D eigenvalue weighted by Gasteiger charge is -2.21. The molecule has 0 saturated heterocycles. The Bertz CT molecular complexity index is 1270. The fourth-order valence-electron chi connectivity index (χ4n) is 3.94. The minimum absolute atomic E-state index is 0.0269. The van der Waals surface area contributed by atoms with Crippen molar-refractivity contribution in [2.24, 2.45) is 0 Å². The van der Waals surface area contributed by atoms with E-state index in [1.54, 1.807) is 49.6 Å². The molecule has 0 aliphatic carbocycles. The van der Waals surface area contributed by atoms with Crippen LogP contribution in [0.15, 0.2) is 78.9 Å². The van der Waals surface area contributed by atoms with Crippen LogP contribution in [0.2, 0.25) is 0 Å². The zero-order chi connectivity index (χ0) is 24.1. The summed E-state index contributed by atoms with van der Waals surface area (Å²) in [4.78, 5) is 0. The van der Waals surface area contributed by atoms with Gasteiger partial charge in [-0.3, -0.25) is 0 Å². The van der Waals surface area contributed by atoms with Gasteiger partial charge >= 0.3 is 0 Å². The Kier molecular flexibility index (Phi) is 6.90. The number of benzene rings is 4. The number of phenolic OH excluding ortho intramolecular Hbond substituents is 2. The first-order valence-electron chi connectivity index (χ1n) is 10.7. The summed E-state index contributed by atoms with van der Waals surface area (Å²) in [7, 11) is 3.08. The monoisotopic (exact) mass is 458 g/mol. The number of phenols is 2. The van der Waals surface area contributed by atoms with Gasteiger partial charge < -0.3 is 29.5 Å². The molecule has 0 heterocycles. The van der Waals surface area contributed by atoms with Crippen molar-refractivity contribution in [3.63, 3.8) is 0 Å². The van der Waals surface area contributed by atoms with Crippen molar-refractivity contribution < 1.29 is 29.5 Å². The molecule has 4 rings (SSSR count). The van der Waals surface area contributed by atoms with Crippen LogP contribution in [0, 0.1) is 0 Å². The van der Waals surface area contributed by atoms with Crippen molar-refractivity contribution in [1.82, 2.24) is 0 Å². The average Bonchev–Trinajstić information content (AvgIpc) is 2.87. The highest BCUT2D eigenvalue weighted by Crippen LogP contribution is 2.46. The molecule has 0 spiro atoms. The molecular weight excluding hydrogens is 432 g/mol. The van der Waals surface area contributed by atoms with Crippen LogP contribution in [0.1, 0.15) is 11.1 Å². The molecule has 34 heavy (non-hydrogen) atoms. The number of hydrogen-bond acceptors (Lipinski definition) is 6. The number of methoxy groups -OCH3 is 2. The molecule has 0 aromatic heterocycles. The van der Waals surface area contributed by atoms with Crippen LogP contribution in [0.25, 0.3) is 22.3 Å². The van der Waals surface area contributed by atoms with E-state index in [-0.39, 0.29) is 18.1 Å². The van der Waals surface area contributed by atoms with Crippen LogP contribution in [-0.2, 0) is 13.2 Å². The first kappa shape index (κ1) is 23.0. The summed E-state index contributed by atoms with van der Waals surface area (Å²) in [5, 5.41) is 30.6. The molecule has 3 N–H and O–H groups in total. The molecule has 0 amide bonds. The van der Waals surface area contributed by atoms with Gasteiger partial charge in [0.1, 0.15) is 23.9 Å². The zero-order valence-corrected chi connectivity index (χ0v) is 19.0. The van der Waals surface area contributed by atoms with E-state index in [0.717, 1.165) is 11.1 Å². The van der Waals surface area contributed by atoms with Crippen molar-refractivity contribution in [3.05, 3.63) is 90.0 Å². The topological polar surface area (TPSA) is 88.4 Å². The van der Waals surface area contributed by atoms with Gasteiger partial charge in [0.25, 0.3) is 0 Å². The minimum atomic E-state index is -0.312. The van der Waals surface area contributed by atoms with Crippen LogP contribution in [0.4, 0.5) is 0 Å². The van der Waals surface area contributed by atoms with E-state index in [2.05, 4.69) is 0 Å². The lowest BCUT2D eigenvalue weighted by atomic mass is 9.92. The van der Waals surface area contributed by atoms with E-state index < -0.39 is 0 Å². The van der Waals surface area contributed by atoms with Crippen LogP contribution >= 0.6 is 0 Å². The molecule has 0 unspecified atom stereocenters. The van der Waals surface area contributed by atoms with Crippen LogP contribution in [-0.4, -0.2) is 29.5 Å². The molecular formula is C28H26O6. The van der Waals surface area contributed by atoms with Crippen molar-refractivity contribution in [1.29, 1.82) is 0 Å². The molecule has 0 saturated carbocycles. The summed E-state index contributed by atoms with van der Waals surface area (Å²) < 4.78 is 17.1. The Morgan fingerprint density at radius 3 is 2.06 bits per heavy atom. The Hall–Kier alpha value is -4.16. The van der Waals surface area contributed by atoms with Gasteiger partial charge in [0.05, 0.1) is 20.8 Å². The number of ether oxygens (including phenoxy) is 3. The van der Waals surface area contributed by atoms with Gasteiger partial charge in [-0.25, -0.2) is 0 Å². The lowest BCUT2D eigenvalue weighted by Crippen LogP contribution is -2.02. The zero-order valence-electron chi connectivity index (χ0n) is 19.0. The second-order valence-electron chi connectivity index (χ2n) is 7.67. The fraction of sp³-hybridized carbons (Fsp3) is 0.143. The summed E-state index contributed by atoms with van der Waals surface area (Å²) in [6.45, 7) is 0.0158. The largest absolute Gasteiger partial charge is 0.508 e. The van der Waals surface area contributed by atoms with Crippen molar-refractivity contribution in [3.8, 4) is 51.0 Å². The number of rotatable bonds is 8. The average molecular weight is 459 g/mol. The summed E-state index contributed by atoms with van der Waals surface area (Å²) >= 11 is 0. The van der Waals surface area contributed by atoms with Gasteiger partial charge in [0.2, 0.25) is 0 Å². The molecule has 0 bridgehead atoms. The Balaban J connectivity index is 1.76. The van der Waals surface area contributed by atoms with Crippen molar-refractivity contribution in [2.75, 3.05) is 14.2 Å². The van der Waals surface area contributed by atoms with Crippen molar-refractivity contribution >= 4 is 0 Å². The maximum absolute atomic E-state index is 10.7. The molecule has 0 fully saturated rings. The number of aliphatic hydroxyl groups excluding tert-OH is 1. The summed E-state index contributed by atoms with van der Waals surface area (Å²) in [5.74, 6) is 1.46. The maximum atomic E-state index is 10.7. The molecule has 6 heteroatoms. The molecule has 6 nitrogen and oxygen atoms in total. The number of hydrogen-bond donors (Lipinski definition) is 3. The van der Waals surface area contributed by atoms with Crippen molar-refractivity contribution in [2.45, 2.75) is 13.2 Å². The van der Waals surface area contributed by atoms with Gasteiger partial charge in [-0.15, -0.1) is 0 Å². The van der Waals surface area contributed by atoms with Gasteiger partial charge in [0, 0.05) is 16.7 Å². The second-order valence-corrected chi connectivity index (χ2v) is 7.67. The Morgan fingerprint density at radius 2 is 1.44 bits per heavy atom. The molecule has 0 atom stereocenters. The third-order valence-electron chi connectivity index (χ3n) is 5.59. The Labute approximate surface area is 198 Å². The van der Waals surface area contributed by atoms with Gasteiger partial charge in [-0.1, -0.05) is 48.5 Å². The van der Waals surface area contributed by atoms with Gasteiger partial charge in [-0.05, 0) is 47.0 Å². The fourth-order valence-corrected chi connectivity index (χ4v) is 3.94. The van der Waals surface area contributed by atoms with E-state index in [1.165, 1.54) is 7.11 Å². The molecule has 4 aromatic carbocycles. The predicted octanol–water partition coefficient (Wildman–Crippen LogP) is 5.52. The highest BCUT2D eigenvalue weighted by atomic mass is 16.5. The van der Waals surface area contributed by atoms with Gasteiger partial charge in [0.15, 0.2) is 11.5 Å². The predicted molar refractivity (Wildman–Crippen MR) is 130 cm³/mol. The van der Waals surface area contributed by atoms with E-state index in [9.17, 15) is 15.3 Å². The van der Waals surface area contributed by atoms with Crippen LogP contribution in [0.5, 0.6) is 28.7 Å². The van der Waals surface area contributed by atoms with E-state index in [4.69, 9.17) is 14.2 Å². The third kappa shape index (κ3) is 4.63. The highest BCUT2D eigenvalue weighted by molar-refractivity contribution is 5.85. The maximum Gasteiger partial charge on any atom is 0.161 e. The quantitative estimate of drug-likeness (QED) is 0.322. The van der Waals surface area contributed by atoms with Crippen LogP contribution < -0.4 is 14.2 Å². The Morgan fingerprint density at radius 1 is 0.735 bits per heavy atom. The highest BCUT2D eigenvalue weighted by Gasteiger charge is 2.22. The molecule has 0 radical (unpaired) electrons. The lowest BCUT2D eigenvalue weighted by molar-refractivity contribution is 0.273. The molecule has 4 aromatic rings. The SMILES string of the molecule is COc1cc(-c2ccc(O)cc2)c(OC)c(CO)c1-c1ccc(OCc2ccccc2)c(O)c1. The van der Waals surface area contributed by atoms with E-state index >= 15 is 0 Å². The van der Waals surface area contributed by atoms with Gasteiger partial charge in [-0.2, -0.15) is 0 Å². The number of aromatic hydroxyl groups is 2. The normalized spacial score (nSPS) is 10.7. The first-order chi connectivity index (χ1) is 16.5. The summed E-state index contributed by atoms with van der Waals surface area (Å²) in [6, 6.07) is 23.3. The second kappa shape index (κ2) is 10.2.